The van der Waals surface area contributed by atoms with E-state index in [1.165, 1.54) is 5.56 Å². The standard InChI is InChI=1S/C21H24N2O5/c1-23-9-8-13-10-18-20(28-12-27-18)21(26-3)19(13)16(23)11-15(22-24)14-6-4-5-7-17(14)25-2/h4-7,10,16,24H,8-9,11-12H2,1-3H3/b22-15+/t16-/m1/s1. The zero-order valence-corrected chi connectivity index (χ0v) is 16.3. The van der Waals surface area contributed by atoms with Crippen LogP contribution in [0.5, 0.6) is 23.0 Å². The van der Waals surface area contributed by atoms with E-state index < -0.39 is 0 Å². The van der Waals surface area contributed by atoms with E-state index in [2.05, 4.69) is 17.1 Å². The molecule has 0 fully saturated rings. The molecule has 0 amide bonds. The summed E-state index contributed by atoms with van der Waals surface area (Å²) in [7, 11) is 5.32. The van der Waals surface area contributed by atoms with Crippen LogP contribution >= 0.6 is 0 Å². The molecule has 28 heavy (non-hydrogen) atoms. The lowest BCUT2D eigenvalue weighted by atomic mass is 9.87. The molecule has 0 saturated carbocycles. The Morgan fingerprint density at radius 2 is 2.07 bits per heavy atom. The van der Waals surface area contributed by atoms with Crippen molar-refractivity contribution >= 4 is 5.71 Å². The molecule has 2 aromatic carbocycles. The van der Waals surface area contributed by atoms with Gasteiger partial charge in [0.25, 0.3) is 0 Å². The average Bonchev–Trinajstić information content (AvgIpc) is 3.20. The minimum absolute atomic E-state index is 0.0380. The number of ether oxygens (including phenoxy) is 4. The minimum Gasteiger partial charge on any atom is -0.496 e. The Labute approximate surface area is 164 Å². The number of oxime groups is 1. The SMILES string of the molecule is COc1ccccc1/C(C[C@@H]1c2c(cc3c(c2OC)OCO3)CCN1C)=N/O. The third kappa shape index (κ3) is 3.01. The van der Waals surface area contributed by atoms with Crippen molar-refractivity contribution in [1.82, 2.24) is 4.90 Å². The number of rotatable bonds is 5. The lowest BCUT2D eigenvalue weighted by Gasteiger charge is -2.36. The van der Waals surface area contributed by atoms with Gasteiger partial charge in [-0.15, -0.1) is 0 Å². The molecule has 0 spiro atoms. The van der Waals surface area contributed by atoms with Crippen molar-refractivity contribution in [2.75, 3.05) is 34.6 Å². The molecule has 4 rings (SSSR count). The van der Waals surface area contributed by atoms with Crippen LogP contribution in [0.15, 0.2) is 35.5 Å². The molecule has 2 aromatic rings. The van der Waals surface area contributed by atoms with Crippen LogP contribution < -0.4 is 18.9 Å². The summed E-state index contributed by atoms with van der Waals surface area (Å²) in [6, 6.07) is 9.55. The predicted molar refractivity (Wildman–Crippen MR) is 104 cm³/mol. The van der Waals surface area contributed by atoms with Crippen LogP contribution in [0.4, 0.5) is 0 Å². The van der Waals surface area contributed by atoms with Crippen molar-refractivity contribution in [3.63, 3.8) is 0 Å². The second-order valence-corrected chi connectivity index (χ2v) is 6.91. The van der Waals surface area contributed by atoms with Crippen LogP contribution in [-0.4, -0.2) is 50.4 Å². The van der Waals surface area contributed by atoms with Gasteiger partial charge in [-0.05, 0) is 37.2 Å². The maximum absolute atomic E-state index is 9.78. The molecule has 7 heteroatoms. The molecule has 2 heterocycles. The van der Waals surface area contributed by atoms with E-state index in [4.69, 9.17) is 18.9 Å². The first kappa shape index (κ1) is 18.4. The van der Waals surface area contributed by atoms with Crippen molar-refractivity contribution in [3.05, 3.63) is 47.0 Å². The van der Waals surface area contributed by atoms with Crippen LogP contribution in [0.3, 0.4) is 0 Å². The number of para-hydroxylation sites is 1. The Kier molecular flexibility index (Phi) is 5.00. The number of benzene rings is 2. The Bertz CT molecular complexity index is 912. The predicted octanol–water partition coefficient (Wildman–Crippen LogP) is 3.23. The van der Waals surface area contributed by atoms with Gasteiger partial charge in [0.2, 0.25) is 12.5 Å². The molecule has 7 nitrogen and oxygen atoms in total. The van der Waals surface area contributed by atoms with Crippen molar-refractivity contribution in [2.45, 2.75) is 18.9 Å². The fourth-order valence-electron chi connectivity index (χ4n) is 4.05. The molecule has 1 N–H and O–H groups in total. The van der Waals surface area contributed by atoms with Gasteiger partial charge < -0.3 is 24.2 Å². The van der Waals surface area contributed by atoms with Crippen molar-refractivity contribution in [2.24, 2.45) is 5.16 Å². The maximum Gasteiger partial charge on any atom is 0.231 e. The van der Waals surface area contributed by atoms with Crippen LogP contribution in [0.25, 0.3) is 0 Å². The third-order valence-electron chi connectivity index (χ3n) is 5.47. The van der Waals surface area contributed by atoms with Crippen LogP contribution in [0.2, 0.25) is 0 Å². The van der Waals surface area contributed by atoms with E-state index in [1.807, 2.05) is 30.3 Å². The highest BCUT2D eigenvalue weighted by atomic mass is 16.7. The number of nitrogens with zero attached hydrogens (tertiary/aromatic N) is 2. The minimum atomic E-state index is -0.0380. The molecule has 0 unspecified atom stereocenters. The number of fused-ring (bicyclic) bond motifs is 2. The number of hydrogen-bond acceptors (Lipinski definition) is 7. The highest BCUT2D eigenvalue weighted by Crippen LogP contribution is 2.50. The summed E-state index contributed by atoms with van der Waals surface area (Å²) < 4.78 is 22.4. The Hall–Kier alpha value is -2.93. The van der Waals surface area contributed by atoms with Crippen molar-refractivity contribution in [1.29, 1.82) is 0 Å². The van der Waals surface area contributed by atoms with E-state index >= 15 is 0 Å². The smallest absolute Gasteiger partial charge is 0.231 e. The molecule has 2 aliphatic rings. The zero-order valence-electron chi connectivity index (χ0n) is 16.3. The summed E-state index contributed by atoms with van der Waals surface area (Å²) in [5, 5.41) is 13.4. The van der Waals surface area contributed by atoms with Gasteiger partial charge in [-0.1, -0.05) is 17.3 Å². The summed E-state index contributed by atoms with van der Waals surface area (Å²) in [4.78, 5) is 2.24. The number of methoxy groups -OCH3 is 2. The molecular formula is C21H24N2O5. The van der Waals surface area contributed by atoms with Crippen molar-refractivity contribution < 1.29 is 24.2 Å². The first-order valence-corrected chi connectivity index (χ1v) is 9.21. The van der Waals surface area contributed by atoms with Crippen LogP contribution in [0.1, 0.15) is 29.2 Å². The van der Waals surface area contributed by atoms with E-state index in [-0.39, 0.29) is 12.8 Å². The highest BCUT2D eigenvalue weighted by molar-refractivity contribution is 6.03. The Morgan fingerprint density at radius 1 is 1.25 bits per heavy atom. The van der Waals surface area contributed by atoms with Crippen molar-refractivity contribution in [3.8, 4) is 23.0 Å². The van der Waals surface area contributed by atoms with Crippen LogP contribution in [0, 0.1) is 0 Å². The summed E-state index contributed by atoms with van der Waals surface area (Å²) >= 11 is 0. The molecule has 0 aliphatic carbocycles. The summed E-state index contributed by atoms with van der Waals surface area (Å²) in [5.74, 6) is 2.73. The van der Waals surface area contributed by atoms with Gasteiger partial charge >= 0.3 is 0 Å². The van der Waals surface area contributed by atoms with Gasteiger partial charge in [-0.25, -0.2) is 0 Å². The first-order chi connectivity index (χ1) is 13.7. The normalized spacial score (nSPS) is 18.7. The zero-order chi connectivity index (χ0) is 19.7. The second kappa shape index (κ2) is 7.59. The van der Waals surface area contributed by atoms with Gasteiger partial charge in [0.15, 0.2) is 11.5 Å². The summed E-state index contributed by atoms with van der Waals surface area (Å²) in [6.07, 6.45) is 1.38. The molecule has 148 valence electrons. The molecule has 0 aromatic heterocycles. The fourth-order valence-corrected chi connectivity index (χ4v) is 4.05. The monoisotopic (exact) mass is 384 g/mol. The highest BCUT2D eigenvalue weighted by Gasteiger charge is 2.35. The summed E-state index contributed by atoms with van der Waals surface area (Å²) in [5.41, 5.74) is 3.55. The van der Waals surface area contributed by atoms with Gasteiger partial charge in [-0.3, -0.25) is 4.90 Å². The average molecular weight is 384 g/mol. The van der Waals surface area contributed by atoms with Gasteiger partial charge in [-0.2, -0.15) is 0 Å². The largest absolute Gasteiger partial charge is 0.496 e. The Balaban J connectivity index is 1.77. The lowest BCUT2D eigenvalue weighted by Crippen LogP contribution is -2.34. The Morgan fingerprint density at radius 3 is 2.82 bits per heavy atom. The molecule has 2 aliphatic heterocycles. The third-order valence-corrected chi connectivity index (χ3v) is 5.47. The topological polar surface area (TPSA) is 72.8 Å². The van der Waals surface area contributed by atoms with E-state index in [0.717, 1.165) is 29.8 Å². The van der Waals surface area contributed by atoms with Gasteiger partial charge in [0, 0.05) is 30.1 Å². The number of likely N-dealkylation sites (N-methyl/N-ethyl adjacent to an activating group) is 1. The molecule has 0 radical (unpaired) electrons. The van der Waals surface area contributed by atoms with Gasteiger partial charge in [0.05, 0.1) is 19.9 Å². The molecule has 0 bridgehead atoms. The van der Waals surface area contributed by atoms with E-state index in [1.54, 1.807) is 14.2 Å². The van der Waals surface area contributed by atoms with Crippen LogP contribution in [-0.2, 0) is 6.42 Å². The number of hydrogen-bond donors (Lipinski definition) is 1. The maximum atomic E-state index is 9.78. The van der Waals surface area contributed by atoms with Gasteiger partial charge in [0.1, 0.15) is 5.75 Å². The molecule has 1 atom stereocenters. The second-order valence-electron chi connectivity index (χ2n) is 6.91. The first-order valence-electron chi connectivity index (χ1n) is 9.21. The lowest BCUT2D eigenvalue weighted by molar-refractivity contribution is 0.170. The van der Waals surface area contributed by atoms with E-state index in [9.17, 15) is 5.21 Å². The molecular weight excluding hydrogens is 360 g/mol. The summed E-state index contributed by atoms with van der Waals surface area (Å²) in [6.45, 7) is 1.07. The molecule has 0 saturated heterocycles. The quantitative estimate of drug-likeness (QED) is 0.485. The van der Waals surface area contributed by atoms with E-state index in [0.29, 0.717) is 29.4 Å². The fraction of sp³-hybridized carbons (Fsp3) is 0.381.